The molecule has 7 nitrogen and oxygen atoms in total. The lowest BCUT2D eigenvalue weighted by Gasteiger charge is -2.26. The quantitative estimate of drug-likeness (QED) is 0.310. The van der Waals surface area contributed by atoms with E-state index in [0.29, 0.717) is 24.3 Å². The summed E-state index contributed by atoms with van der Waals surface area (Å²) in [5.41, 5.74) is 2.77. The highest BCUT2D eigenvalue weighted by Gasteiger charge is 2.46. The van der Waals surface area contributed by atoms with Crippen LogP contribution in [0.15, 0.2) is 70.8 Å². The van der Waals surface area contributed by atoms with Gasteiger partial charge in [-0.3, -0.25) is 9.59 Å². The summed E-state index contributed by atoms with van der Waals surface area (Å²) in [6, 6.07) is 16.3. The molecular weight excluding hydrogens is 484 g/mol. The van der Waals surface area contributed by atoms with Crippen LogP contribution in [0.3, 0.4) is 0 Å². The Labute approximate surface area is 201 Å². The Hall–Kier alpha value is -3.23. The Bertz CT molecular complexity index is 1220. The molecule has 170 valence electrons. The number of para-hydroxylation sites is 1. The van der Waals surface area contributed by atoms with E-state index in [2.05, 4.69) is 21.0 Å². The summed E-state index contributed by atoms with van der Waals surface area (Å²) < 4.78 is 2.59. The molecule has 2 aromatic carbocycles. The van der Waals surface area contributed by atoms with Crippen molar-refractivity contribution in [3.8, 4) is 5.69 Å². The summed E-state index contributed by atoms with van der Waals surface area (Å²) in [6.45, 7) is 2.77. The van der Waals surface area contributed by atoms with Crippen LogP contribution in [0.25, 0.3) is 11.4 Å². The van der Waals surface area contributed by atoms with Crippen LogP contribution in [0.1, 0.15) is 22.9 Å². The first kappa shape index (κ1) is 22.9. The Kier molecular flexibility index (Phi) is 6.49. The van der Waals surface area contributed by atoms with Crippen molar-refractivity contribution in [2.45, 2.75) is 13.0 Å². The van der Waals surface area contributed by atoms with E-state index in [9.17, 15) is 14.7 Å². The van der Waals surface area contributed by atoms with Crippen molar-refractivity contribution in [3.05, 3.63) is 87.7 Å². The molecule has 8 heteroatoms. The van der Waals surface area contributed by atoms with E-state index < -0.39 is 17.7 Å². The number of rotatable bonds is 6. The van der Waals surface area contributed by atoms with Gasteiger partial charge in [0.15, 0.2) is 0 Å². The van der Waals surface area contributed by atoms with E-state index in [0.717, 1.165) is 15.7 Å². The predicted molar refractivity (Wildman–Crippen MR) is 130 cm³/mol. The fourth-order valence-electron chi connectivity index (χ4n) is 4.03. The van der Waals surface area contributed by atoms with Crippen LogP contribution in [0, 0.1) is 6.92 Å². The van der Waals surface area contributed by atoms with E-state index in [1.54, 1.807) is 4.68 Å². The monoisotopic (exact) mass is 508 g/mol. The second kappa shape index (κ2) is 9.33. The number of aliphatic hydroxyl groups excluding tert-OH is 1. The van der Waals surface area contributed by atoms with Crippen molar-refractivity contribution in [1.82, 2.24) is 19.6 Å². The second-order valence-electron chi connectivity index (χ2n) is 8.24. The lowest BCUT2D eigenvalue weighted by molar-refractivity contribution is -0.140. The average molecular weight is 509 g/mol. The number of hydrogen-bond acceptors (Lipinski definition) is 5. The highest BCUT2D eigenvalue weighted by atomic mass is 79.9. The van der Waals surface area contributed by atoms with Crippen LogP contribution in [0.5, 0.6) is 0 Å². The smallest absolute Gasteiger partial charge is 0.295 e. The van der Waals surface area contributed by atoms with E-state index >= 15 is 0 Å². The summed E-state index contributed by atoms with van der Waals surface area (Å²) in [7, 11) is 3.82. The molecule has 1 fully saturated rings. The first-order valence-electron chi connectivity index (χ1n) is 10.6. The van der Waals surface area contributed by atoms with E-state index in [-0.39, 0.29) is 11.3 Å². The lowest BCUT2D eigenvalue weighted by Crippen LogP contribution is -2.35. The van der Waals surface area contributed by atoms with Crippen LogP contribution >= 0.6 is 15.9 Å². The van der Waals surface area contributed by atoms with Gasteiger partial charge in [0.25, 0.3) is 11.7 Å². The number of likely N-dealkylation sites (N-methyl/N-ethyl adjacent to an activating group) is 1. The maximum absolute atomic E-state index is 13.2. The third-order valence-electron chi connectivity index (χ3n) is 5.78. The first-order valence-corrected chi connectivity index (χ1v) is 11.4. The third kappa shape index (κ3) is 4.36. The highest BCUT2D eigenvalue weighted by Crippen LogP contribution is 2.40. The molecule has 33 heavy (non-hydrogen) atoms. The van der Waals surface area contributed by atoms with Crippen LogP contribution in [0.2, 0.25) is 0 Å². The topological polar surface area (TPSA) is 78.7 Å². The highest BCUT2D eigenvalue weighted by molar-refractivity contribution is 9.10. The molecule has 3 aromatic rings. The van der Waals surface area contributed by atoms with Crippen LogP contribution in [-0.2, 0) is 9.59 Å². The first-order chi connectivity index (χ1) is 15.8. The maximum Gasteiger partial charge on any atom is 0.295 e. The summed E-state index contributed by atoms with van der Waals surface area (Å²) in [4.78, 5) is 29.6. The van der Waals surface area contributed by atoms with E-state index in [4.69, 9.17) is 0 Å². The fraction of sp³-hybridized carbons (Fsp3) is 0.240. The molecule has 0 bridgehead atoms. The molecule has 1 aliphatic heterocycles. The molecule has 0 radical (unpaired) electrons. The molecule has 1 atom stereocenters. The molecule has 0 spiro atoms. The normalized spacial score (nSPS) is 17.8. The molecule has 2 heterocycles. The molecule has 0 unspecified atom stereocenters. The lowest BCUT2D eigenvalue weighted by atomic mass is 9.95. The summed E-state index contributed by atoms with van der Waals surface area (Å²) in [5, 5.41) is 15.7. The Morgan fingerprint density at radius 2 is 1.76 bits per heavy atom. The van der Waals surface area contributed by atoms with Gasteiger partial charge in [-0.15, -0.1) is 0 Å². The van der Waals surface area contributed by atoms with Gasteiger partial charge in [0.05, 0.1) is 34.8 Å². The van der Waals surface area contributed by atoms with Crippen LogP contribution in [-0.4, -0.2) is 63.6 Å². The number of nitrogens with zero attached hydrogens (tertiary/aromatic N) is 4. The van der Waals surface area contributed by atoms with Gasteiger partial charge < -0.3 is 14.9 Å². The van der Waals surface area contributed by atoms with Gasteiger partial charge >= 0.3 is 0 Å². The van der Waals surface area contributed by atoms with E-state index in [1.807, 2.05) is 80.5 Å². The van der Waals surface area contributed by atoms with E-state index in [1.165, 1.54) is 11.1 Å². The van der Waals surface area contributed by atoms with Crippen molar-refractivity contribution in [1.29, 1.82) is 0 Å². The summed E-state index contributed by atoms with van der Waals surface area (Å²) in [6.07, 6.45) is 1.53. The molecule has 1 aromatic heterocycles. The Morgan fingerprint density at radius 3 is 2.39 bits per heavy atom. The number of ketones is 1. The number of carbonyl (C=O) groups is 2. The number of amides is 1. The molecule has 4 rings (SSSR count). The van der Waals surface area contributed by atoms with Crippen molar-refractivity contribution in [3.63, 3.8) is 0 Å². The minimum absolute atomic E-state index is 0.0804. The standard InChI is InChI=1S/C25H25BrN4O3/c1-16-20(15-27-30(16)19-7-5-4-6-8-19)23(31)21-22(17-9-11-18(26)12-10-17)29(14-13-28(2)3)25(33)24(21)32/h4-12,15,22,31H,13-14H2,1-3H3/t22-/m0/s1. The molecule has 1 saturated heterocycles. The largest absolute Gasteiger partial charge is 0.507 e. The molecule has 1 aliphatic rings. The maximum atomic E-state index is 13.2. The van der Waals surface area contributed by atoms with Gasteiger partial charge in [0, 0.05) is 17.6 Å². The molecular formula is C25H25BrN4O3. The van der Waals surface area contributed by atoms with Crippen LogP contribution < -0.4 is 0 Å². The fourth-order valence-corrected chi connectivity index (χ4v) is 4.29. The van der Waals surface area contributed by atoms with Crippen molar-refractivity contribution in [2.75, 3.05) is 27.2 Å². The number of hydrogen-bond donors (Lipinski definition) is 1. The minimum atomic E-state index is -0.689. The molecule has 0 saturated carbocycles. The number of aromatic nitrogens is 2. The zero-order valence-electron chi connectivity index (χ0n) is 18.7. The molecule has 1 N–H and O–H groups in total. The summed E-state index contributed by atoms with van der Waals surface area (Å²) >= 11 is 3.43. The average Bonchev–Trinajstić information content (AvgIpc) is 3.30. The van der Waals surface area contributed by atoms with Gasteiger partial charge in [0.1, 0.15) is 5.76 Å². The number of likely N-dealkylation sites (tertiary alicyclic amines) is 1. The second-order valence-corrected chi connectivity index (χ2v) is 9.15. The molecule has 1 amide bonds. The third-order valence-corrected chi connectivity index (χ3v) is 6.31. The minimum Gasteiger partial charge on any atom is -0.507 e. The Balaban J connectivity index is 1.84. The zero-order chi connectivity index (χ0) is 23.7. The summed E-state index contributed by atoms with van der Waals surface area (Å²) in [5.74, 6) is -1.52. The van der Waals surface area contributed by atoms with Crippen molar-refractivity contribution < 1.29 is 14.7 Å². The number of benzene rings is 2. The van der Waals surface area contributed by atoms with Crippen LogP contribution in [0.4, 0.5) is 0 Å². The van der Waals surface area contributed by atoms with Gasteiger partial charge in [0.2, 0.25) is 0 Å². The molecule has 0 aliphatic carbocycles. The zero-order valence-corrected chi connectivity index (χ0v) is 20.3. The number of aliphatic hydroxyl groups is 1. The van der Waals surface area contributed by atoms with Gasteiger partial charge in [-0.25, -0.2) is 4.68 Å². The van der Waals surface area contributed by atoms with Gasteiger partial charge in [-0.2, -0.15) is 5.10 Å². The number of halogens is 1. The van der Waals surface area contributed by atoms with Crippen molar-refractivity contribution >= 4 is 33.4 Å². The van der Waals surface area contributed by atoms with Crippen molar-refractivity contribution in [2.24, 2.45) is 0 Å². The Morgan fingerprint density at radius 1 is 1.09 bits per heavy atom. The van der Waals surface area contributed by atoms with Gasteiger partial charge in [-0.1, -0.05) is 46.3 Å². The predicted octanol–water partition coefficient (Wildman–Crippen LogP) is 3.93. The number of carbonyl (C=O) groups excluding carboxylic acids is 2. The SMILES string of the molecule is Cc1c(C(O)=C2C(=O)C(=O)N(CCN(C)C)[C@H]2c2ccc(Br)cc2)cnn1-c1ccccc1. The number of Topliss-reactive ketones (excluding diaryl/α,β-unsaturated/α-hetero) is 1. The van der Waals surface area contributed by atoms with Gasteiger partial charge in [-0.05, 0) is 50.8 Å².